The van der Waals surface area contributed by atoms with Gasteiger partial charge in [0.05, 0.1) is 61.2 Å². The second-order valence-corrected chi connectivity index (χ2v) is 46.8. The first-order valence-electron chi connectivity index (χ1n) is 39.3. The Bertz CT molecular complexity index is 8030. The lowest BCUT2D eigenvalue weighted by Gasteiger charge is -2.12. The predicted molar refractivity (Wildman–Crippen MR) is 518 cm³/mol. The van der Waals surface area contributed by atoms with Crippen LogP contribution in [-0.2, 0) is 57.0 Å². The molecule has 0 aliphatic rings. The van der Waals surface area contributed by atoms with Gasteiger partial charge in [-0.05, 0) is 212 Å². The molecule has 18 aromatic rings. The Morgan fingerprint density at radius 1 is 0.409 bits per heavy atom. The molecule has 0 spiro atoms. The molecule has 0 fully saturated rings. The standard InChI is InChI=1S/C26H23N3O3S.C19H16ClN3O2S.C19H17N3O3S.C18H14IN3O.C8H11BO4S.Cl3OP/c1-3-33(31,32)20-11-7-10-19(13-20)22-16-29(15-18-8-5-4-6-9-18)26(30)24-23(22)21-12-17(2)14-27-25(21)28-24;1-3-26(24,25)13-6-4-5-12(8-13)15-10-21-18(20)17-16(15)14-7-11(2)9-22-19(14)23-17;1-3-26(24,25)13-6-4-5-12(8-13)15-10-21-19(23)17-16(15)14-7-11(2)9-20-18(14)22-17;1-11-7-13-15-14(19)10-22(9-12-5-3-2-4-6-12)18(23)16(15)21-17(13)20-8-11;1-2-14(12,13)8-5-3-4-7(6-8)9(10)11;1-5(2,3)4/h4-14,16H,3,15H2,1-2H3,(H,27,28);4-10H,3H2,1-2H3,(H,22,23);4-10H,3H2,1-2H3,(H,20,22)(H,21,23);2-8,10H,9H2,1H3,(H,20,21);3-6,10-11H,2H2,1H3;. The lowest BCUT2D eigenvalue weighted by Crippen LogP contribution is -2.30. The van der Waals surface area contributed by atoms with E-state index in [9.17, 15) is 52.6 Å². The molecule has 18 rings (SSSR count). The molecule has 652 valence electrons. The van der Waals surface area contributed by atoms with Crippen LogP contribution in [0.4, 0.5) is 0 Å². The van der Waals surface area contributed by atoms with Gasteiger partial charge in [0.2, 0.25) is 0 Å². The molecule has 0 atom stereocenters. The quantitative estimate of drug-likeness (QED) is 0.0204. The number of aryl methyl sites for hydroxylation is 4. The number of hydrogen-bond acceptors (Lipinski definition) is 19. The number of nitrogens with zero attached hydrogens (tertiary/aromatic N) is 7. The fourth-order valence-corrected chi connectivity index (χ4v) is 19.2. The van der Waals surface area contributed by atoms with Crippen LogP contribution in [0.1, 0.15) is 61.1 Å². The highest BCUT2D eigenvalue weighted by Crippen LogP contribution is 2.61. The highest BCUT2D eigenvalue weighted by atomic mass is 127. The van der Waals surface area contributed by atoms with Crippen molar-refractivity contribution < 1.29 is 48.3 Å². The zero-order chi connectivity index (χ0) is 91.4. The Labute approximate surface area is 762 Å². The second-order valence-electron chi connectivity index (χ2n) is 29.5. The highest BCUT2D eigenvalue weighted by molar-refractivity contribution is 14.1. The molecule has 0 amide bonds. The SMILES string of the molecule is CCS(=O)(=O)c1cccc(-c2c[nH]c(=O)c3[nH]c4ncc(C)cc4c23)c1.CCS(=O)(=O)c1cccc(-c2cn(Cc3ccccc3)c(=O)c3[nH]c4ncc(C)cc4c23)c1.CCS(=O)(=O)c1cccc(-c2cnc(Cl)c3[nH]c4ncc(C)cc4c23)c1.CCS(=O)(=O)c1cccc(B(O)O)c1.Cc1cnc2[nH]c3c(=O)n(Cc4ccccc4)cc(I)c3c2c1.O=P(Cl)(Cl)Cl. The first-order chi connectivity index (χ1) is 60.3. The van der Waals surface area contributed by atoms with Crippen LogP contribution in [-0.4, -0.2) is 133 Å². The summed E-state index contributed by atoms with van der Waals surface area (Å²) in [5, 5.41) is 21.8. The van der Waals surface area contributed by atoms with Crippen molar-refractivity contribution in [2.24, 2.45) is 0 Å². The summed E-state index contributed by atoms with van der Waals surface area (Å²) in [5.41, 5.74) is 15.5. The van der Waals surface area contributed by atoms with Crippen molar-refractivity contribution in [1.29, 1.82) is 0 Å². The lowest BCUT2D eigenvalue weighted by molar-refractivity contribution is 0.425. The zero-order valence-corrected chi connectivity index (χ0v) is 78.5. The fraction of sp³-hybridized carbons (Fsp3) is 0.156. The third-order valence-corrected chi connectivity index (χ3v) is 28.8. The van der Waals surface area contributed by atoms with E-state index in [1.807, 2.05) is 143 Å². The molecule has 12 aromatic heterocycles. The van der Waals surface area contributed by atoms with Crippen LogP contribution >= 0.6 is 73.1 Å². The maximum atomic E-state index is 13.5. The summed E-state index contributed by atoms with van der Waals surface area (Å²) in [5.74, 6) is 0.113. The van der Waals surface area contributed by atoms with Crippen LogP contribution in [0.3, 0.4) is 0 Å². The number of H-pyrrole nitrogens is 5. The van der Waals surface area contributed by atoms with Gasteiger partial charge < -0.3 is 44.1 Å². The monoisotopic (exact) mass is 1990 g/mol. The van der Waals surface area contributed by atoms with Crippen LogP contribution in [0, 0.1) is 31.3 Å². The number of benzene rings is 6. The van der Waals surface area contributed by atoms with Crippen LogP contribution < -0.4 is 22.1 Å². The molecule has 12 heterocycles. The first kappa shape index (κ1) is 93.7. The Morgan fingerprint density at radius 3 is 1.16 bits per heavy atom. The van der Waals surface area contributed by atoms with Crippen molar-refractivity contribution >= 4 is 213 Å². The summed E-state index contributed by atoms with van der Waals surface area (Å²) in [6.07, 6.45) is 14.1. The number of nitrogens with one attached hydrogen (secondary N) is 5. The molecule has 6 aromatic carbocycles. The number of aromatic amines is 5. The van der Waals surface area contributed by atoms with Crippen molar-refractivity contribution in [3.05, 3.63) is 305 Å². The molecule has 0 saturated carbocycles. The Hall–Kier alpha value is -11.0. The van der Waals surface area contributed by atoms with Gasteiger partial charge in [-0.15, -0.1) is 0 Å². The van der Waals surface area contributed by atoms with Crippen LogP contribution in [0.25, 0.3) is 121 Å². The minimum absolute atomic E-state index is 0.00201. The maximum Gasteiger partial charge on any atom is 0.488 e. The van der Waals surface area contributed by atoms with Gasteiger partial charge in [0, 0.05) is 113 Å². The maximum absolute atomic E-state index is 13.5. The summed E-state index contributed by atoms with van der Waals surface area (Å²) >= 11 is 22.4. The average molecular weight is 1990 g/mol. The fourth-order valence-electron chi connectivity index (χ4n) is 14.4. The number of sulfone groups is 4. The molecular formula is C90H81BCl4IN12O14PS4. The number of rotatable bonds is 16. The molecule has 7 N–H and O–H groups in total. The van der Waals surface area contributed by atoms with E-state index in [0.717, 1.165) is 125 Å². The van der Waals surface area contributed by atoms with Gasteiger partial charge in [0.25, 0.3) is 16.7 Å². The number of hydrogen-bond donors (Lipinski definition) is 7. The summed E-state index contributed by atoms with van der Waals surface area (Å²) < 4.78 is 111. The summed E-state index contributed by atoms with van der Waals surface area (Å²) in [7, 11) is -14.9. The van der Waals surface area contributed by atoms with Gasteiger partial charge >= 0.3 is 12.3 Å². The van der Waals surface area contributed by atoms with Crippen LogP contribution in [0.15, 0.2) is 266 Å². The van der Waals surface area contributed by atoms with E-state index in [1.165, 1.54) is 31.2 Å². The molecule has 127 heavy (non-hydrogen) atoms. The number of halogens is 5. The van der Waals surface area contributed by atoms with Gasteiger partial charge in [0.15, 0.2) is 44.5 Å². The average Bonchev–Trinajstić information content (AvgIpc) is 1.62. The molecular weight excluding hydrogens is 1910 g/mol. The summed E-state index contributed by atoms with van der Waals surface area (Å²) in [6.45, 7) is 15.3. The number of fused-ring (bicyclic) bond motifs is 12. The van der Waals surface area contributed by atoms with Gasteiger partial charge in [-0.2, -0.15) is 0 Å². The number of pyridine rings is 8. The molecule has 0 saturated heterocycles. The molecule has 0 aliphatic heterocycles. The second kappa shape index (κ2) is 38.9. The highest BCUT2D eigenvalue weighted by Gasteiger charge is 2.25. The Kier molecular flexibility index (Phi) is 28.7. The van der Waals surface area contributed by atoms with Gasteiger partial charge in [-0.25, -0.2) is 58.6 Å². The van der Waals surface area contributed by atoms with E-state index in [4.69, 9.17) is 21.6 Å². The van der Waals surface area contributed by atoms with Crippen molar-refractivity contribution in [3.63, 3.8) is 0 Å². The third kappa shape index (κ3) is 21.2. The summed E-state index contributed by atoms with van der Waals surface area (Å²) in [4.78, 5) is 76.9. The van der Waals surface area contributed by atoms with E-state index in [0.29, 0.717) is 56.5 Å². The molecule has 37 heteroatoms. The van der Waals surface area contributed by atoms with Gasteiger partial charge in [0.1, 0.15) is 39.1 Å². The molecule has 0 bridgehead atoms. The van der Waals surface area contributed by atoms with Crippen LogP contribution in [0.2, 0.25) is 5.15 Å². The number of aromatic nitrogens is 12. The van der Waals surface area contributed by atoms with E-state index >= 15 is 0 Å². The molecule has 0 radical (unpaired) electrons. The normalized spacial score (nSPS) is 11.8. The molecule has 0 unspecified atom stereocenters. The Balaban J connectivity index is 0.000000136. The van der Waals surface area contributed by atoms with E-state index < -0.39 is 51.7 Å². The van der Waals surface area contributed by atoms with Gasteiger partial charge in [-0.3, -0.25) is 18.9 Å². The van der Waals surface area contributed by atoms with Gasteiger partial charge in [-0.1, -0.05) is 148 Å². The molecule has 0 aliphatic carbocycles. The molecule has 26 nitrogen and oxygen atoms in total. The topological polar surface area (TPSA) is 399 Å². The lowest BCUT2D eigenvalue weighted by atomic mass is 9.80. The largest absolute Gasteiger partial charge is 0.488 e. The van der Waals surface area contributed by atoms with E-state index in [-0.39, 0.29) is 59.8 Å². The summed E-state index contributed by atoms with van der Waals surface area (Å²) in [6, 6.07) is 54.1. The minimum atomic E-state index is -3.37. The van der Waals surface area contributed by atoms with Crippen molar-refractivity contribution in [2.45, 2.75) is 88.1 Å². The Morgan fingerprint density at radius 2 is 0.748 bits per heavy atom. The van der Waals surface area contributed by atoms with E-state index in [2.05, 4.69) is 112 Å². The van der Waals surface area contributed by atoms with Crippen molar-refractivity contribution in [2.75, 3.05) is 23.0 Å². The third-order valence-electron chi connectivity index (χ3n) is 20.7. The van der Waals surface area contributed by atoms with Crippen molar-refractivity contribution in [1.82, 2.24) is 59.0 Å². The predicted octanol–water partition coefficient (Wildman–Crippen LogP) is 18.2. The van der Waals surface area contributed by atoms with Crippen LogP contribution in [0.5, 0.6) is 0 Å². The van der Waals surface area contributed by atoms with Crippen molar-refractivity contribution in [3.8, 4) is 33.4 Å². The first-order valence-corrected chi connectivity index (χ1v) is 51.8. The van der Waals surface area contributed by atoms with E-state index in [1.54, 1.807) is 115 Å². The minimum Gasteiger partial charge on any atom is -0.423 e. The zero-order valence-electron chi connectivity index (χ0n) is 69.2. The smallest absolute Gasteiger partial charge is 0.423 e.